The van der Waals surface area contributed by atoms with E-state index in [2.05, 4.69) is 0 Å². The smallest absolute Gasteiger partial charge is 0.375 e. The normalized spacial score (nSPS) is 11.8. The molecule has 0 bridgehead atoms. The van der Waals surface area contributed by atoms with Gasteiger partial charge in [-0.05, 0) is 25.1 Å². The number of benzene rings is 2. The summed E-state index contributed by atoms with van der Waals surface area (Å²) < 4.78 is 24.2. The van der Waals surface area contributed by atoms with Crippen LogP contribution in [0, 0.1) is 12.7 Å². The molecule has 1 aromatic heterocycles. The minimum Gasteiger partial charge on any atom is -0.449 e. The maximum atomic E-state index is 13.4. The number of aryl methyl sites for hydroxylation is 1. The van der Waals surface area contributed by atoms with E-state index >= 15 is 0 Å². The summed E-state index contributed by atoms with van der Waals surface area (Å²) in [4.78, 5) is 35.8. The molecule has 3 amide bonds. The zero-order valence-electron chi connectivity index (χ0n) is 14.2. The molecule has 0 aliphatic rings. The summed E-state index contributed by atoms with van der Waals surface area (Å²) in [6.07, 6.45) is -1.42. The molecule has 0 aliphatic carbocycles. The van der Waals surface area contributed by atoms with Gasteiger partial charge in [0.25, 0.3) is 5.91 Å². The van der Waals surface area contributed by atoms with Crippen molar-refractivity contribution in [2.75, 3.05) is 0 Å². The number of carbonyl (C=O) groups excluding carboxylic acids is 3. The van der Waals surface area contributed by atoms with Gasteiger partial charge in [0.2, 0.25) is 11.9 Å². The summed E-state index contributed by atoms with van der Waals surface area (Å²) in [5, 5.41) is 2.31. The van der Waals surface area contributed by atoms with Crippen molar-refractivity contribution < 1.29 is 27.9 Å². The number of primary amides is 1. The third-order valence-corrected chi connectivity index (χ3v) is 3.90. The third-order valence-electron chi connectivity index (χ3n) is 3.90. The van der Waals surface area contributed by atoms with Gasteiger partial charge in [0.05, 0.1) is 0 Å². The van der Waals surface area contributed by atoms with Gasteiger partial charge in [0.1, 0.15) is 11.4 Å². The second-order valence-electron chi connectivity index (χ2n) is 5.75. The average molecular weight is 370 g/mol. The Hall–Kier alpha value is -3.68. The summed E-state index contributed by atoms with van der Waals surface area (Å²) in [6.45, 7) is 1.57. The first-order valence-corrected chi connectivity index (χ1v) is 7.91. The number of hydrogen-bond donors (Lipinski definition) is 2. The highest BCUT2D eigenvalue weighted by atomic mass is 19.1. The first-order chi connectivity index (χ1) is 12.9. The van der Waals surface area contributed by atoms with E-state index in [4.69, 9.17) is 14.9 Å². The van der Waals surface area contributed by atoms with Gasteiger partial charge >= 0.3 is 12.0 Å². The molecule has 1 heterocycles. The number of furan rings is 1. The SMILES string of the molecule is Cc1c(C(=O)OC(C(=O)NC(N)=O)c2ccccc2)oc2ccc(F)cc12. The number of nitrogens with two attached hydrogens (primary N) is 1. The number of nitrogens with one attached hydrogen (secondary N) is 1. The van der Waals surface area contributed by atoms with Crippen molar-refractivity contribution in [2.24, 2.45) is 5.73 Å². The van der Waals surface area contributed by atoms with Crippen LogP contribution in [0.5, 0.6) is 0 Å². The lowest BCUT2D eigenvalue weighted by molar-refractivity contribution is -0.129. The number of fused-ring (bicyclic) bond motifs is 1. The highest BCUT2D eigenvalue weighted by Gasteiger charge is 2.29. The van der Waals surface area contributed by atoms with Crippen LogP contribution in [-0.2, 0) is 9.53 Å². The molecule has 3 N–H and O–H groups in total. The van der Waals surface area contributed by atoms with Crippen LogP contribution >= 0.6 is 0 Å². The van der Waals surface area contributed by atoms with Crippen LogP contribution in [0.15, 0.2) is 52.9 Å². The van der Waals surface area contributed by atoms with Gasteiger partial charge in [-0.15, -0.1) is 0 Å². The summed E-state index contributed by atoms with van der Waals surface area (Å²) in [6, 6.07) is 10.9. The molecule has 3 rings (SSSR count). The van der Waals surface area contributed by atoms with Crippen molar-refractivity contribution in [2.45, 2.75) is 13.0 Å². The first kappa shape index (κ1) is 18.1. The van der Waals surface area contributed by atoms with Crippen molar-refractivity contribution in [3.8, 4) is 0 Å². The molecule has 0 saturated carbocycles. The Balaban J connectivity index is 1.94. The molecule has 0 spiro atoms. The van der Waals surface area contributed by atoms with E-state index in [1.54, 1.807) is 37.3 Å². The molecule has 138 valence electrons. The van der Waals surface area contributed by atoms with Crippen molar-refractivity contribution in [1.29, 1.82) is 0 Å². The zero-order valence-corrected chi connectivity index (χ0v) is 14.2. The van der Waals surface area contributed by atoms with Gasteiger partial charge in [0.15, 0.2) is 0 Å². The average Bonchev–Trinajstić information content (AvgIpc) is 2.96. The zero-order chi connectivity index (χ0) is 19.6. The Morgan fingerprint density at radius 1 is 1.15 bits per heavy atom. The fourth-order valence-electron chi connectivity index (χ4n) is 2.64. The highest BCUT2D eigenvalue weighted by molar-refractivity contribution is 6.00. The largest absolute Gasteiger partial charge is 0.449 e. The van der Waals surface area contributed by atoms with E-state index in [-0.39, 0.29) is 5.76 Å². The molecule has 2 aromatic carbocycles. The molecule has 3 aromatic rings. The lowest BCUT2D eigenvalue weighted by atomic mass is 10.1. The fourth-order valence-corrected chi connectivity index (χ4v) is 2.64. The Morgan fingerprint density at radius 2 is 1.85 bits per heavy atom. The molecule has 0 fully saturated rings. The number of imide groups is 1. The molecule has 8 heteroatoms. The molecule has 0 aliphatic heterocycles. The molecule has 1 unspecified atom stereocenters. The summed E-state index contributed by atoms with van der Waals surface area (Å²) >= 11 is 0. The van der Waals surface area contributed by atoms with Crippen molar-refractivity contribution in [3.63, 3.8) is 0 Å². The Morgan fingerprint density at radius 3 is 2.52 bits per heavy atom. The number of amides is 3. The number of esters is 1. The van der Waals surface area contributed by atoms with Crippen molar-refractivity contribution in [1.82, 2.24) is 5.32 Å². The number of ether oxygens (including phenoxy) is 1. The Labute approximate surface area is 152 Å². The predicted octanol–water partition coefficient (Wildman–Crippen LogP) is 2.97. The van der Waals surface area contributed by atoms with Gasteiger partial charge in [-0.2, -0.15) is 0 Å². The van der Waals surface area contributed by atoms with Gasteiger partial charge in [-0.3, -0.25) is 10.1 Å². The van der Waals surface area contributed by atoms with Crippen LogP contribution in [-0.4, -0.2) is 17.9 Å². The van der Waals surface area contributed by atoms with E-state index in [1.165, 1.54) is 18.2 Å². The summed E-state index contributed by atoms with van der Waals surface area (Å²) in [5.74, 6) is -2.47. The Bertz CT molecular complexity index is 1030. The highest BCUT2D eigenvalue weighted by Crippen LogP contribution is 2.28. The molecule has 1 atom stereocenters. The topological polar surface area (TPSA) is 112 Å². The van der Waals surface area contributed by atoms with Gasteiger partial charge in [0, 0.05) is 16.5 Å². The molecule has 7 nitrogen and oxygen atoms in total. The predicted molar refractivity (Wildman–Crippen MR) is 93.2 cm³/mol. The number of carbonyl (C=O) groups is 3. The van der Waals surface area contributed by atoms with Crippen LogP contribution < -0.4 is 11.1 Å². The second kappa shape index (κ2) is 7.28. The van der Waals surface area contributed by atoms with E-state index in [1.807, 2.05) is 5.32 Å². The first-order valence-electron chi connectivity index (χ1n) is 7.91. The maximum Gasteiger partial charge on any atom is 0.375 e. The minimum absolute atomic E-state index is 0.164. The van der Waals surface area contributed by atoms with Gasteiger partial charge < -0.3 is 14.9 Å². The quantitative estimate of drug-likeness (QED) is 0.686. The van der Waals surface area contributed by atoms with E-state index < -0.39 is 29.8 Å². The van der Waals surface area contributed by atoms with Crippen LogP contribution in [0.25, 0.3) is 11.0 Å². The van der Waals surface area contributed by atoms with Crippen molar-refractivity contribution in [3.05, 3.63) is 71.2 Å². The van der Waals surface area contributed by atoms with Crippen molar-refractivity contribution >= 4 is 28.9 Å². The van der Waals surface area contributed by atoms with Gasteiger partial charge in [-0.25, -0.2) is 14.0 Å². The molecular weight excluding hydrogens is 355 g/mol. The van der Waals surface area contributed by atoms with Gasteiger partial charge in [-0.1, -0.05) is 30.3 Å². The summed E-state index contributed by atoms with van der Waals surface area (Å²) in [5.41, 5.74) is 5.99. The number of rotatable bonds is 4. The number of halogens is 1. The maximum absolute atomic E-state index is 13.4. The monoisotopic (exact) mass is 370 g/mol. The van der Waals surface area contributed by atoms with E-state index in [0.717, 1.165) is 0 Å². The number of urea groups is 1. The van der Waals surface area contributed by atoms with Crippen LogP contribution in [0.1, 0.15) is 27.8 Å². The van der Waals surface area contributed by atoms with Crippen LogP contribution in [0.3, 0.4) is 0 Å². The lowest BCUT2D eigenvalue weighted by Crippen LogP contribution is -2.39. The second-order valence-corrected chi connectivity index (χ2v) is 5.75. The molecule has 27 heavy (non-hydrogen) atoms. The molecular formula is C19H15FN2O5. The molecule has 0 radical (unpaired) electrons. The standard InChI is InChI=1S/C19H15FN2O5/c1-10-13-9-12(20)7-8-14(13)26-15(10)18(24)27-16(17(23)22-19(21)25)11-5-3-2-4-6-11/h2-9,16H,1H3,(H3,21,22,23,25). The van der Waals surface area contributed by atoms with Crippen LogP contribution in [0.2, 0.25) is 0 Å². The van der Waals surface area contributed by atoms with E-state index in [0.29, 0.717) is 22.1 Å². The Kier molecular flexibility index (Phi) is 4.89. The van der Waals surface area contributed by atoms with E-state index in [9.17, 15) is 18.8 Å². The third kappa shape index (κ3) is 3.79. The summed E-state index contributed by atoms with van der Waals surface area (Å²) in [7, 11) is 0. The minimum atomic E-state index is -1.42. The lowest BCUT2D eigenvalue weighted by Gasteiger charge is -2.16. The molecule has 0 saturated heterocycles. The number of hydrogen-bond acceptors (Lipinski definition) is 5. The fraction of sp³-hybridized carbons (Fsp3) is 0.105. The van der Waals surface area contributed by atoms with Crippen LogP contribution in [0.4, 0.5) is 9.18 Å².